The zero-order valence-electron chi connectivity index (χ0n) is 11.8. The second-order valence-corrected chi connectivity index (χ2v) is 5.99. The van der Waals surface area contributed by atoms with E-state index in [1.807, 2.05) is 38.1 Å². The average Bonchev–Trinajstić information content (AvgIpc) is 2.86. The number of phenolic OH excluding ortho intramolecular Hbond substituents is 1. The molecule has 0 fully saturated rings. The molecule has 0 saturated heterocycles. The Labute approximate surface area is 121 Å². The highest BCUT2D eigenvalue weighted by atomic mass is 16.3. The summed E-state index contributed by atoms with van der Waals surface area (Å²) in [7, 11) is 0. The van der Waals surface area contributed by atoms with Crippen LogP contribution in [-0.4, -0.2) is 10.9 Å². The minimum atomic E-state index is -0.462. The Morgan fingerprint density at radius 3 is 2.67 bits per heavy atom. The van der Waals surface area contributed by atoms with Crippen LogP contribution in [0.25, 0.3) is 11.0 Å². The maximum absolute atomic E-state index is 12.8. The van der Waals surface area contributed by atoms with Gasteiger partial charge in [0.2, 0.25) is 0 Å². The molecule has 1 aliphatic rings. The lowest BCUT2D eigenvalue weighted by Gasteiger charge is -2.30. The monoisotopic (exact) mass is 278 g/mol. The molecule has 3 aromatic rings. The zero-order valence-corrected chi connectivity index (χ0v) is 11.8. The largest absolute Gasteiger partial charge is 0.508 e. The first-order chi connectivity index (χ1) is 10.00. The van der Waals surface area contributed by atoms with Gasteiger partial charge in [0.1, 0.15) is 17.1 Å². The highest BCUT2D eigenvalue weighted by molar-refractivity contribution is 6.19. The van der Waals surface area contributed by atoms with Crippen molar-refractivity contribution in [2.24, 2.45) is 0 Å². The van der Waals surface area contributed by atoms with Gasteiger partial charge in [-0.25, -0.2) is 0 Å². The molecule has 1 aliphatic carbocycles. The van der Waals surface area contributed by atoms with Crippen LogP contribution >= 0.6 is 0 Å². The molecule has 21 heavy (non-hydrogen) atoms. The number of fused-ring (bicyclic) bond motifs is 4. The van der Waals surface area contributed by atoms with Crippen LogP contribution in [-0.2, 0) is 5.41 Å². The molecule has 3 nitrogen and oxygen atoms in total. The van der Waals surface area contributed by atoms with Gasteiger partial charge in [-0.15, -0.1) is 0 Å². The van der Waals surface area contributed by atoms with Gasteiger partial charge in [0.25, 0.3) is 0 Å². The fraction of sp³-hybridized carbons (Fsp3) is 0.167. The quantitative estimate of drug-likeness (QED) is 0.676. The average molecular weight is 278 g/mol. The highest BCUT2D eigenvalue weighted by Crippen LogP contribution is 2.45. The molecule has 0 spiro atoms. The van der Waals surface area contributed by atoms with Gasteiger partial charge in [-0.05, 0) is 43.7 Å². The first kappa shape index (κ1) is 12.2. The zero-order chi connectivity index (χ0) is 14.8. The summed E-state index contributed by atoms with van der Waals surface area (Å²) in [5.74, 6) is 0.797. The molecular formula is C18H14O3. The van der Waals surface area contributed by atoms with Crippen molar-refractivity contribution in [1.82, 2.24) is 0 Å². The molecule has 0 saturated carbocycles. The molecule has 4 rings (SSSR count). The summed E-state index contributed by atoms with van der Waals surface area (Å²) in [5.41, 5.74) is 2.35. The molecule has 1 N–H and O–H groups in total. The Morgan fingerprint density at radius 1 is 1.10 bits per heavy atom. The van der Waals surface area contributed by atoms with Crippen LogP contribution in [0.3, 0.4) is 0 Å². The number of rotatable bonds is 0. The van der Waals surface area contributed by atoms with Crippen molar-refractivity contribution in [3.05, 3.63) is 64.9 Å². The Bertz CT molecular complexity index is 900. The standard InChI is InChI=1S/C18H14O3/c1-18(2)13-9-10(19)7-8-11(13)16(20)15-12-5-3-4-6-14(12)21-17(15)18/h3-9,19H,1-2H3. The van der Waals surface area contributed by atoms with Crippen molar-refractivity contribution in [2.45, 2.75) is 19.3 Å². The molecule has 104 valence electrons. The minimum absolute atomic E-state index is 0.0377. The van der Waals surface area contributed by atoms with Crippen LogP contribution in [0, 0.1) is 0 Å². The molecule has 3 heteroatoms. The summed E-state index contributed by atoms with van der Waals surface area (Å²) in [6.07, 6.45) is 0. The molecule has 1 aromatic heterocycles. The second kappa shape index (κ2) is 3.76. The van der Waals surface area contributed by atoms with E-state index in [1.165, 1.54) is 0 Å². The van der Waals surface area contributed by atoms with Gasteiger partial charge in [0.15, 0.2) is 5.78 Å². The van der Waals surface area contributed by atoms with Gasteiger partial charge < -0.3 is 9.52 Å². The molecular weight excluding hydrogens is 264 g/mol. The molecule has 0 aliphatic heterocycles. The predicted octanol–water partition coefficient (Wildman–Crippen LogP) is 4.01. The number of furan rings is 1. The molecule has 0 unspecified atom stereocenters. The summed E-state index contributed by atoms with van der Waals surface area (Å²) in [6.45, 7) is 4.03. The third-order valence-electron chi connectivity index (χ3n) is 4.31. The SMILES string of the molecule is CC1(C)c2cc(O)ccc2C(=O)c2c1oc1ccccc21. The van der Waals surface area contributed by atoms with Gasteiger partial charge >= 0.3 is 0 Å². The maximum atomic E-state index is 12.8. The van der Waals surface area contributed by atoms with Gasteiger partial charge in [0.05, 0.1) is 5.56 Å². The molecule has 0 amide bonds. The summed E-state index contributed by atoms with van der Waals surface area (Å²) in [4.78, 5) is 12.8. The Hall–Kier alpha value is -2.55. The fourth-order valence-electron chi connectivity index (χ4n) is 3.22. The van der Waals surface area contributed by atoms with Gasteiger partial charge in [-0.2, -0.15) is 0 Å². The number of aromatic hydroxyl groups is 1. The van der Waals surface area contributed by atoms with E-state index in [0.717, 1.165) is 16.5 Å². The normalized spacial score (nSPS) is 15.8. The number of benzene rings is 2. The van der Waals surface area contributed by atoms with E-state index in [9.17, 15) is 9.90 Å². The van der Waals surface area contributed by atoms with E-state index in [4.69, 9.17) is 4.42 Å². The number of carbonyl (C=O) groups excluding carboxylic acids is 1. The van der Waals surface area contributed by atoms with Crippen LogP contribution < -0.4 is 0 Å². The minimum Gasteiger partial charge on any atom is -0.508 e. The van der Waals surface area contributed by atoms with Crippen molar-refractivity contribution in [1.29, 1.82) is 0 Å². The first-order valence-electron chi connectivity index (χ1n) is 6.90. The van der Waals surface area contributed by atoms with Gasteiger partial charge in [-0.1, -0.05) is 18.2 Å². The molecule has 1 heterocycles. The lowest BCUT2D eigenvalue weighted by atomic mass is 9.72. The number of phenols is 1. The van der Waals surface area contributed by atoms with E-state index in [-0.39, 0.29) is 11.5 Å². The van der Waals surface area contributed by atoms with Crippen molar-refractivity contribution < 1.29 is 14.3 Å². The van der Waals surface area contributed by atoms with E-state index in [2.05, 4.69) is 0 Å². The molecule has 0 radical (unpaired) electrons. The highest BCUT2D eigenvalue weighted by Gasteiger charge is 2.41. The summed E-state index contributed by atoms with van der Waals surface area (Å²) >= 11 is 0. The maximum Gasteiger partial charge on any atom is 0.197 e. The van der Waals surface area contributed by atoms with Crippen LogP contribution in [0.15, 0.2) is 46.9 Å². The summed E-state index contributed by atoms with van der Waals surface area (Å²) in [5, 5.41) is 10.6. The number of hydrogen-bond acceptors (Lipinski definition) is 3. The Balaban J connectivity index is 2.14. The van der Waals surface area contributed by atoms with Crippen molar-refractivity contribution in [3.63, 3.8) is 0 Å². The third kappa shape index (κ3) is 1.46. The second-order valence-electron chi connectivity index (χ2n) is 5.99. The van der Waals surface area contributed by atoms with E-state index >= 15 is 0 Å². The van der Waals surface area contributed by atoms with E-state index < -0.39 is 5.41 Å². The fourth-order valence-corrected chi connectivity index (χ4v) is 3.22. The Kier molecular flexibility index (Phi) is 2.18. The molecule has 2 aromatic carbocycles. The number of para-hydroxylation sites is 1. The number of ketones is 1. The van der Waals surface area contributed by atoms with Crippen LogP contribution in [0.5, 0.6) is 5.75 Å². The number of hydrogen-bond donors (Lipinski definition) is 1. The summed E-state index contributed by atoms with van der Waals surface area (Å²) < 4.78 is 5.97. The third-order valence-corrected chi connectivity index (χ3v) is 4.31. The lowest BCUT2D eigenvalue weighted by molar-refractivity contribution is 0.102. The van der Waals surface area contributed by atoms with Crippen LogP contribution in [0.4, 0.5) is 0 Å². The lowest BCUT2D eigenvalue weighted by Crippen LogP contribution is -2.29. The topological polar surface area (TPSA) is 50.4 Å². The number of carbonyl (C=O) groups is 1. The van der Waals surface area contributed by atoms with E-state index in [0.29, 0.717) is 16.9 Å². The molecule has 0 bridgehead atoms. The predicted molar refractivity (Wildman–Crippen MR) is 79.9 cm³/mol. The Morgan fingerprint density at radius 2 is 1.86 bits per heavy atom. The molecule has 0 atom stereocenters. The van der Waals surface area contributed by atoms with Gasteiger partial charge in [-0.3, -0.25) is 4.79 Å². The first-order valence-corrected chi connectivity index (χ1v) is 6.90. The van der Waals surface area contributed by atoms with Crippen LogP contribution in [0.2, 0.25) is 0 Å². The van der Waals surface area contributed by atoms with Gasteiger partial charge in [0, 0.05) is 16.4 Å². The smallest absolute Gasteiger partial charge is 0.197 e. The summed E-state index contributed by atoms with van der Waals surface area (Å²) in [6, 6.07) is 12.5. The van der Waals surface area contributed by atoms with Crippen molar-refractivity contribution in [2.75, 3.05) is 0 Å². The van der Waals surface area contributed by atoms with E-state index in [1.54, 1.807) is 18.2 Å². The van der Waals surface area contributed by atoms with Crippen molar-refractivity contribution in [3.8, 4) is 5.75 Å². The van der Waals surface area contributed by atoms with Crippen LogP contribution in [0.1, 0.15) is 41.1 Å². The van der Waals surface area contributed by atoms with Crippen molar-refractivity contribution >= 4 is 16.8 Å².